The van der Waals surface area contributed by atoms with Gasteiger partial charge in [-0.05, 0) is 33.9 Å². The lowest BCUT2D eigenvalue weighted by Gasteiger charge is -2.17. The molecule has 1 heterocycles. The summed E-state index contributed by atoms with van der Waals surface area (Å²) >= 11 is 0. The number of hydrogen-bond donors (Lipinski definition) is 0. The molecule has 5 rings (SSSR count). The second-order valence-corrected chi connectivity index (χ2v) is 6.49. The number of fused-ring (bicyclic) bond motifs is 5. The molecule has 0 saturated carbocycles. The highest BCUT2D eigenvalue weighted by molar-refractivity contribution is 6.16. The molecule has 0 fully saturated rings. The van der Waals surface area contributed by atoms with Gasteiger partial charge in [-0.2, -0.15) is 0 Å². The maximum atomic E-state index is 6.26. The topological polar surface area (TPSA) is 11.3 Å². The molecule has 0 spiro atoms. The van der Waals surface area contributed by atoms with Crippen LogP contribution >= 0.6 is 0 Å². The van der Waals surface area contributed by atoms with Gasteiger partial charge in [-0.3, -0.25) is 0 Å². The lowest BCUT2D eigenvalue weighted by Crippen LogP contribution is -2.17. The normalized spacial score (nSPS) is 17.6. The van der Waals surface area contributed by atoms with Crippen molar-refractivity contribution in [2.24, 2.45) is 0 Å². The number of hydrogen-bond acceptors (Lipinski definition) is 0. The van der Waals surface area contributed by atoms with Crippen molar-refractivity contribution in [3.63, 3.8) is 0 Å². The molecule has 0 amide bonds. The zero-order valence-corrected chi connectivity index (χ0v) is 13.9. The maximum absolute atomic E-state index is 6.26. The summed E-state index contributed by atoms with van der Waals surface area (Å²) < 4.78 is 6.26. The van der Waals surface area contributed by atoms with Crippen LogP contribution in [0.4, 0.5) is 0 Å². The highest BCUT2D eigenvalue weighted by Crippen LogP contribution is 2.54. The summed E-state index contributed by atoms with van der Waals surface area (Å²) in [7, 11) is 0. The summed E-state index contributed by atoms with van der Waals surface area (Å²) in [4.78, 5) is 0. The molecule has 0 aromatic heterocycles. The van der Waals surface area contributed by atoms with Gasteiger partial charge in [0, 0.05) is 6.07 Å². The fourth-order valence-corrected chi connectivity index (χ4v) is 4.14. The molecule has 120 valence electrons. The average molecular weight is 322 g/mol. The number of para-hydroxylation sites is 1. The van der Waals surface area contributed by atoms with Crippen LogP contribution in [-0.2, 0) is 4.42 Å². The summed E-state index contributed by atoms with van der Waals surface area (Å²) in [5.41, 5.74) is 7.76. The van der Waals surface area contributed by atoms with E-state index in [-0.39, 0.29) is 5.92 Å². The SMILES string of the molecule is [CH2-]CC1=[O+]c2ccccc2C2=C(c3ccccc3)c3ccccc3C12. The van der Waals surface area contributed by atoms with Crippen molar-refractivity contribution in [1.82, 2.24) is 0 Å². The van der Waals surface area contributed by atoms with Crippen molar-refractivity contribution in [2.75, 3.05) is 0 Å². The third-order valence-corrected chi connectivity index (χ3v) is 5.15. The summed E-state index contributed by atoms with van der Waals surface area (Å²) in [6.07, 6.45) is 0.666. The first kappa shape index (κ1) is 14.4. The Morgan fingerprint density at radius 1 is 0.760 bits per heavy atom. The molecule has 0 bridgehead atoms. The molecule has 1 unspecified atom stereocenters. The summed E-state index contributed by atoms with van der Waals surface area (Å²) in [5.74, 6) is 2.14. The maximum Gasteiger partial charge on any atom is 0.359 e. The fraction of sp³-hybridized carbons (Fsp3) is 0.0833. The van der Waals surface area contributed by atoms with Crippen molar-refractivity contribution >= 4 is 16.9 Å². The van der Waals surface area contributed by atoms with E-state index in [1.165, 1.54) is 33.4 Å². The van der Waals surface area contributed by atoms with E-state index in [0.717, 1.165) is 11.5 Å². The minimum absolute atomic E-state index is 0.166. The average Bonchev–Trinajstić information content (AvgIpc) is 3.04. The minimum atomic E-state index is 0.166. The van der Waals surface area contributed by atoms with Crippen LogP contribution < -0.4 is 0 Å². The van der Waals surface area contributed by atoms with Gasteiger partial charge in [0.2, 0.25) is 0 Å². The van der Waals surface area contributed by atoms with E-state index in [1.807, 2.05) is 6.07 Å². The number of rotatable bonds is 2. The molecule has 1 heteroatoms. The van der Waals surface area contributed by atoms with Crippen LogP contribution in [-0.4, -0.2) is 5.78 Å². The smallest absolute Gasteiger partial charge is 0.331 e. The van der Waals surface area contributed by atoms with Crippen molar-refractivity contribution in [2.45, 2.75) is 12.3 Å². The lowest BCUT2D eigenvalue weighted by atomic mass is 9.84. The van der Waals surface area contributed by atoms with Crippen LogP contribution in [0.15, 0.2) is 78.9 Å². The van der Waals surface area contributed by atoms with Gasteiger partial charge < -0.3 is 6.92 Å². The first-order valence-corrected chi connectivity index (χ1v) is 8.69. The molecule has 1 nitrogen and oxygen atoms in total. The fourth-order valence-electron chi connectivity index (χ4n) is 4.14. The molecular formula is C24H18O. The van der Waals surface area contributed by atoms with Crippen molar-refractivity contribution in [1.29, 1.82) is 0 Å². The van der Waals surface area contributed by atoms with Gasteiger partial charge >= 0.3 is 5.75 Å². The van der Waals surface area contributed by atoms with Crippen LogP contribution in [0.2, 0.25) is 0 Å². The van der Waals surface area contributed by atoms with Gasteiger partial charge in [0.25, 0.3) is 5.78 Å². The summed E-state index contributed by atoms with van der Waals surface area (Å²) in [6.45, 7) is 4.13. The van der Waals surface area contributed by atoms with Crippen molar-refractivity contribution < 1.29 is 4.42 Å². The van der Waals surface area contributed by atoms with E-state index in [9.17, 15) is 0 Å². The monoisotopic (exact) mass is 322 g/mol. The largest absolute Gasteiger partial charge is 0.359 e. The third-order valence-electron chi connectivity index (χ3n) is 5.15. The predicted molar refractivity (Wildman–Crippen MR) is 102 cm³/mol. The Hall–Kier alpha value is -2.93. The first-order valence-electron chi connectivity index (χ1n) is 8.69. The van der Waals surface area contributed by atoms with Gasteiger partial charge in [-0.15, -0.1) is 0 Å². The Morgan fingerprint density at radius 2 is 1.44 bits per heavy atom. The van der Waals surface area contributed by atoms with E-state index in [4.69, 9.17) is 4.42 Å². The van der Waals surface area contributed by atoms with E-state index >= 15 is 0 Å². The van der Waals surface area contributed by atoms with Gasteiger partial charge in [-0.1, -0.05) is 73.2 Å². The highest BCUT2D eigenvalue weighted by Gasteiger charge is 2.44. The van der Waals surface area contributed by atoms with Crippen molar-refractivity contribution in [3.05, 3.63) is 108 Å². The Bertz CT molecular complexity index is 1020. The van der Waals surface area contributed by atoms with Crippen LogP contribution in [0.25, 0.3) is 11.1 Å². The second kappa shape index (κ2) is 5.56. The molecule has 0 radical (unpaired) electrons. The van der Waals surface area contributed by atoms with Gasteiger partial charge in [0.05, 0.1) is 5.56 Å². The molecule has 2 aliphatic rings. The minimum Gasteiger partial charge on any atom is -0.331 e. The Balaban J connectivity index is 1.90. The number of carbonyl (C=O) groups excluding carboxylic acids is 1. The molecule has 1 aliphatic carbocycles. The van der Waals surface area contributed by atoms with Crippen LogP contribution in [0.5, 0.6) is 5.75 Å². The quantitative estimate of drug-likeness (QED) is 0.417. The van der Waals surface area contributed by atoms with E-state index < -0.39 is 0 Å². The first-order chi connectivity index (χ1) is 12.4. The predicted octanol–water partition coefficient (Wildman–Crippen LogP) is 5.80. The van der Waals surface area contributed by atoms with Crippen LogP contribution in [0.1, 0.15) is 34.6 Å². The molecule has 1 atom stereocenters. The van der Waals surface area contributed by atoms with Gasteiger partial charge in [-0.25, -0.2) is 4.42 Å². The molecule has 0 saturated heterocycles. The summed E-state index contributed by atoms with van der Waals surface area (Å²) in [5, 5.41) is 0. The van der Waals surface area contributed by atoms with E-state index in [2.05, 4.69) is 79.7 Å². The molecular weight excluding hydrogens is 304 g/mol. The van der Waals surface area contributed by atoms with Crippen molar-refractivity contribution in [3.8, 4) is 5.75 Å². The molecule has 1 aliphatic heterocycles. The molecule has 3 aromatic carbocycles. The standard InChI is InChI=1S/C24H18O/c1-2-20-23-18-13-7-6-12-17(18)22(16-10-4-3-5-11-16)24(23)19-14-8-9-15-21(19)25-20/h3-15,23H,1-2H2. The van der Waals surface area contributed by atoms with Gasteiger partial charge in [0.15, 0.2) is 0 Å². The number of ketones is 1. The van der Waals surface area contributed by atoms with Gasteiger partial charge in [0.1, 0.15) is 5.92 Å². The third kappa shape index (κ3) is 2.05. The Labute approximate surface area is 148 Å². The van der Waals surface area contributed by atoms with E-state index in [0.29, 0.717) is 6.42 Å². The summed E-state index contributed by atoms with van der Waals surface area (Å²) in [6, 6.07) is 27.7. The molecule has 25 heavy (non-hydrogen) atoms. The number of allylic oxidation sites excluding steroid dienone is 1. The Morgan fingerprint density at radius 3 is 2.24 bits per heavy atom. The van der Waals surface area contributed by atoms with Crippen LogP contribution in [0.3, 0.4) is 0 Å². The lowest BCUT2D eigenvalue weighted by molar-refractivity contribution is -0.371. The highest BCUT2D eigenvalue weighted by atomic mass is 16.4. The van der Waals surface area contributed by atoms with E-state index in [1.54, 1.807) is 0 Å². The molecule has 0 N–H and O–H groups in total. The van der Waals surface area contributed by atoms with Crippen LogP contribution in [0, 0.1) is 6.92 Å². The Kier molecular flexibility index (Phi) is 3.21. The zero-order valence-electron chi connectivity index (χ0n) is 13.9. The second-order valence-electron chi connectivity index (χ2n) is 6.49. The zero-order chi connectivity index (χ0) is 16.8. The number of benzene rings is 3. The molecule has 3 aromatic rings.